The van der Waals surface area contributed by atoms with Gasteiger partial charge in [-0.25, -0.2) is 9.59 Å². The molecule has 3 aliphatic heterocycles. The van der Waals surface area contributed by atoms with Crippen LogP contribution in [0.3, 0.4) is 0 Å². The number of carbonyl (C=O) groups is 4. The normalized spacial score (nSPS) is 31.8. The predicted octanol–water partition coefficient (Wildman–Crippen LogP) is 7.51. The van der Waals surface area contributed by atoms with Crippen molar-refractivity contribution in [3.63, 3.8) is 0 Å². The van der Waals surface area contributed by atoms with Gasteiger partial charge in [0.05, 0.1) is 17.1 Å². The molecule has 0 radical (unpaired) electrons. The fourth-order valence-electron chi connectivity index (χ4n) is 8.33. The molecule has 50 heavy (non-hydrogen) atoms. The fourth-order valence-corrected chi connectivity index (χ4v) is 9.47. The SMILES string of the molecule is C/C=C/CCCCC[C@@H]1C=C2C34OC(C(=O)CCCC/C=C/C)C[C@@H]1C3C1=C(C[C@]2(C(=O)C=[N+]=[N-])C(O[Si](C)(C)C(C)(C)C)O4)C(=O)OC1=O. The molecule has 1 spiro atoms. The van der Waals surface area contributed by atoms with Gasteiger partial charge < -0.3 is 24.2 Å². The van der Waals surface area contributed by atoms with Crippen LogP contribution in [0.2, 0.25) is 18.1 Å². The van der Waals surface area contributed by atoms with E-state index in [2.05, 4.69) is 43.8 Å². The van der Waals surface area contributed by atoms with E-state index in [4.69, 9.17) is 18.6 Å². The number of ether oxygens (including phenoxy) is 3. The molecule has 2 fully saturated rings. The average Bonchev–Trinajstić information content (AvgIpc) is 3.42. The maximum absolute atomic E-state index is 14.5. The molecule has 5 rings (SSSR count). The summed E-state index contributed by atoms with van der Waals surface area (Å²) in [6.45, 7) is 14.3. The lowest BCUT2D eigenvalue weighted by atomic mass is 9.59. The van der Waals surface area contributed by atoms with E-state index in [-0.39, 0.29) is 40.2 Å². The summed E-state index contributed by atoms with van der Waals surface area (Å²) >= 11 is 0. The van der Waals surface area contributed by atoms with Gasteiger partial charge >= 0.3 is 18.2 Å². The van der Waals surface area contributed by atoms with Gasteiger partial charge in [0.15, 0.2) is 20.4 Å². The molecule has 272 valence electrons. The molecule has 0 aromatic rings. The second kappa shape index (κ2) is 14.9. The largest absolute Gasteiger partial charge is 0.391 e. The smallest absolute Gasteiger partial charge is 0.342 e. The van der Waals surface area contributed by atoms with Crippen LogP contribution in [0.1, 0.15) is 105 Å². The number of allylic oxidation sites excluding steroid dienone is 5. The van der Waals surface area contributed by atoms with Crippen molar-refractivity contribution in [2.24, 2.45) is 23.2 Å². The Morgan fingerprint density at radius 1 is 1.02 bits per heavy atom. The maximum Gasteiger partial charge on any atom is 0.342 e. The Bertz CT molecular complexity index is 1560. The molecular formula is C39H54N2O8Si. The third-order valence-electron chi connectivity index (χ3n) is 12.0. The van der Waals surface area contributed by atoms with Gasteiger partial charge in [-0.1, -0.05) is 64.0 Å². The molecule has 0 N–H and O–H groups in total. The van der Waals surface area contributed by atoms with E-state index in [9.17, 15) is 24.7 Å². The van der Waals surface area contributed by atoms with Crippen LogP contribution in [0.25, 0.3) is 5.53 Å². The molecule has 5 aliphatic rings. The van der Waals surface area contributed by atoms with Crippen LogP contribution >= 0.6 is 0 Å². The number of ketones is 2. The van der Waals surface area contributed by atoms with Gasteiger partial charge in [0.25, 0.3) is 5.78 Å². The van der Waals surface area contributed by atoms with E-state index in [1.54, 1.807) is 0 Å². The zero-order chi connectivity index (χ0) is 36.5. The summed E-state index contributed by atoms with van der Waals surface area (Å²) in [5, 5.41) is -0.289. The molecule has 2 saturated heterocycles. The van der Waals surface area contributed by atoms with Crippen LogP contribution in [-0.4, -0.2) is 61.0 Å². The van der Waals surface area contributed by atoms with Crippen molar-refractivity contribution in [1.82, 2.24) is 0 Å². The lowest BCUT2D eigenvalue weighted by Gasteiger charge is -2.53. The minimum Gasteiger partial charge on any atom is -0.391 e. The minimum atomic E-state index is -2.68. The number of rotatable bonds is 16. The molecule has 0 aromatic carbocycles. The summed E-state index contributed by atoms with van der Waals surface area (Å²) in [4.78, 5) is 58.8. The van der Waals surface area contributed by atoms with E-state index in [1.165, 1.54) is 0 Å². The first-order valence-corrected chi connectivity index (χ1v) is 21.3. The van der Waals surface area contributed by atoms with Gasteiger partial charge in [-0.3, -0.25) is 9.59 Å². The highest BCUT2D eigenvalue weighted by Crippen LogP contribution is 2.68. The highest BCUT2D eigenvalue weighted by molar-refractivity contribution is 6.74. The Labute approximate surface area is 297 Å². The quantitative estimate of drug-likeness (QED) is 0.0235. The molecule has 2 aliphatic carbocycles. The Kier molecular flexibility index (Phi) is 11.4. The number of hydrogen-bond donors (Lipinski definition) is 0. The summed E-state index contributed by atoms with van der Waals surface area (Å²) in [5.74, 6) is -5.22. The predicted molar refractivity (Wildman–Crippen MR) is 190 cm³/mol. The van der Waals surface area contributed by atoms with Crippen LogP contribution in [0.4, 0.5) is 0 Å². The first-order valence-electron chi connectivity index (χ1n) is 18.4. The van der Waals surface area contributed by atoms with Crippen LogP contribution in [0.5, 0.6) is 0 Å². The maximum atomic E-state index is 14.5. The number of Topliss-reactive ketones (excluding diaryl/α,β-unsaturated/α-hetero) is 2. The zero-order valence-corrected chi connectivity index (χ0v) is 31.8. The van der Waals surface area contributed by atoms with Crippen molar-refractivity contribution < 1.29 is 42.6 Å². The first-order chi connectivity index (χ1) is 23.7. The number of hydrogen-bond acceptors (Lipinski definition) is 8. The Hall–Kier alpha value is -3.08. The highest BCUT2D eigenvalue weighted by Gasteiger charge is 2.77. The average molecular weight is 707 g/mol. The number of unbranched alkanes of at least 4 members (excludes halogenated alkanes) is 5. The Morgan fingerprint density at radius 3 is 2.34 bits per heavy atom. The number of esters is 2. The highest BCUT2D eigenvalue weighted by atomic mass is 28.4. The van der Waals surface area contributed by atoms with Gasteiger partial charge in [-0.2, -0.15) is 4.79 Å². The van der Waals surface area contributed by atoms with E-state index >= 15 is 0 Å². The number of cyclic esters (lactones) is 2. The van der Waals surface area contributed by atoms with Crippen LogP contribution < -0.4 is 0 Å². The molecule has 0 saturated carbocycles. The standard InChI is InChI=1S/C39H54N2O8Si/c1-8-10-12-14-16-17-19-25-21-30-38(31(43)24-41-40)23-27-32(35(45)46-34(27)44)33-26(25)22-29(28(42)20-18-15-13-11-9-2)47-39(30,33)48-36(38)49-50(6,7)37(3,4)5/h8-11,21,24-26,29,33,36H,12-20,22-23H2,1-7H3/b10-8+,11-9+/t25-,26+,29?,33?,36?,38+,39?/m1/s1. The molecule has 11 heteroatoms. The molecule has 7 atom stereocenters. The van der Waals surface area contributed by atoms with Gasteiger partial charge in [0.1, 0.15) is 11.5 Å². The van der Waals surface area contributed by atoms with Crippen molar-refractivity contribution in [3.8, 4) is 0 Å². The third kappa shape index (κ3) is 6.68. The van der Waals surface area contributed by atoms with Gasteiger partial charge in [0.2, 0.25) is 5.79 Å². The molecule has 0 aromatic heterocycles. The molecule has 0 amide bonds. The zero-order valence-electron chi connectivity index (χ0n) is 30.8. The third-order valence-corrected chi connectivity index (χ3v) is 16.4. The van der Waals surface area contributed by atoms with Crippen molar-refractivity contribution in [1.29, 1.82) is 0 Å². The van der Waals surface area contributed by atoms with Crippen molar-refractivity contribution >= 4 is 38.0 Å². The lowest BCUT2D eigenvalue weighted by molar-refractivity contribution is -0.311. The Morgan fingerprint density at radius 2 is 1.70 bits per heavy atom. The topological polar surface area (TPSA) is 142 Å². The summed E-state index contributed by atoms with van der Waals surface area (Å²) in [5.41, 5.74) is 8.74. The molecular weight excluding hydrogens is 653 g/mol. The summed E-state index contributed by atoms with van der Waals surface area (Å²) in [6, 6.07) is 0. The fraction of sp³-hybridized carbons (Fsp3) is 0.667. The van der Waals surface area contributed by atoms with E-state index < -0.39 is 55.6 Å². The summed E-state index contributed by atoms with van der Waals surface area (Å²) in [7, 11) is -2.68. The second-order valence-corrected chi connectivity index (χ2v) is 20.8. The monoisotopic (exact) mass is 706 g/mol. The van der Waals surface area contributed by atoms with E-state index in [0.717, 1.165) is 51.2 Å². The first kappa shape index (κ1) is 38.2. The number of nitrogens with zero attached hydrogens (tertiary/aromatic N) is 2. The summed E-state index contributed by atoms with van der Waals surface area (Å²) < 4.78 is 26.1. The van der Waals surface area contributed by atoms with Crippen LogP contribution in [-0.2, 0) is 37.8 Å². The van der Waals surface area contributed by atoms with Gasteiger partial charge in [0, 0.05) is 18.4 Å². The van der Waals surface area contributed by atoms with Crippen LogP contribution in [0.15, 0.2) is 47.1 Å². The van der Waals surface area contributed by atoms with Crippen molar-refractivity contribution in [2.75, 3.05) is 0 Å². The molecule has 10 nitrogen and oxygen atoms in total. The van der Waals surface area contributed by atoms with Crippen molar-refractivity contribution in [3.05, 3.63) is 52.6 Å². The van der Waals surface area contributed by atoms with E-state index in [1.807, 2.05) is 39.1 Å². The lowest BCUT2D eigenvalue weighted by Crippen LogP contribution is -2.59. The van der Waals surface area contributed by atoms with Gasteiger partial charge in [-0.05, 0) is 88.8 Å². The van der Waals surface area contributed by atoms with Gasteiger partial charge in [-0.15, -0.1) is 0 Å². The minimum absolute atomic E-state index is 0.0515. The van der Waals surface area contributed by atoms with Crippen LogP contribution in [0, 0.1) is 23.2 Å². The second-order valence-electron chi connectivity index (χ2n) is 16.0. The van der Waals surface area contributed by atoms with E-state index in [0.29, 0.717) is 24.8 Å². The summed E-state index contributed by atoms with van der Waals surface area (Å²) in [6.07, 6.45) is 16.6. The molecule has 5 bridgehead atoms. The Balaban J connectivity index is 1.68. The molecule has 4 unspecified atom stereocenters. The number of carbonyl (C=O) groups excluding carboxylic acids is 4. The van der Waals surface area contributed by atoms with Crippen molar-refractivity contribution in [2.45, 2.75) is 142 Å². The molecule has 3 heterocycles.